The molecule has 0 saturated carbocycles. The fourth-order valence-electron chi connectivity index (χ4n) is 5.27. The van der Waals surface area contributed by atoms with E-state index >= 15 is 0 Å². The highest BCUT2D eigenvalue weighted by Gasteiger charge is 2.54. The lowest BCUT2D eigenvalue weighted by molar-refractivity contribution is -0.968. The quantitative estimate of drug-likeness (QED) is 0.815. The van der Waals surface area contributed by atoms with Crippen LogP contribution in [0.25, 0.3) is 0 Å². The Balaban J connectivity index is 1.81. The fraction of sp³-hybridized carbons (Fsp3) is 0.650. The van der Waals surface area contributed by atoms with E-state index in [1.54, 1.807) is 24.3 Å². The standard InChI is InChI=1S/C20H29NO3/c1-14(2)21(3)17-9-10-18(21)12-15(11-17)13-20(24,19(22)23)16-7-5-4-6-8-16/h4-8,14-15,17-18,24H,9-13H2,1-3H3/p+1. The smallest absolute Gasteiger partial charge is 0.340 e. The van der Waals surface area contributed by atoms with E-state index < -0.39 is 11.6 Å². The molecular weight excluding hydrogens is 302 g/mol. The second kappa shape index (κ2) is 6.16. The van der Waals surface area contributed by atoms with E-state index in [2.05, 4.69) is 20.9 Å². The summed E-state index contributed by atoms with van der Waals surface area (Å²) in [4.78, 5) is 11.9. The molecule has 0 aromatic heterocycles. The van der Waals surface area contributed by atoms with Crippen molar-refractivity contribution in [2.45, 2.75) is 69.7 Å². The highest BCUT2D eigenvalue weighted by atomic mass is 16.4. The van der Waals surface area contributed by atoms with Gasteiger partial charge in [-0.2, -0.15) is 0 Å². The van der Waals surface area contributed by atoms with Crippen LogP contribution in [0.1, 0.15) is 51.5 Å². The van der Waals surface area contributed by atoms with Crippen LogP contribution in [0.5, 0.6) is 0 Å². The van der Waals surface area contributed by atoms with Crippen molar-refractivity contribution in [3.63, 3.8) is 0 Å². The molecule has 132 valence electrons. The molecule has 0 aliphatic carbocycles. The molecule has 4 nitrogen and oxygen atoms in total. The maximum atomic E-state index is 11.9. The van der Waals surface area contributed by atoms with Crippen LogP contribution in [0.3, 0.4) is 0 Å². The molecule has 2 bridgehead atoms. The van der Waals surface area contributed by atoms with E-state index in [0.717, 1.165) is 17.3 Å². The molecule has 2 fully saturated rings. The minimum Gasteiger partial charge on any atom is -0.479 e. The number of benzene rings is 1. The SMILES string of the molecule is CC(C)[N+]1(C)C2CCC1CC(CC(O)(C(=O)O)c1ccccc1)C2. The Hall–Kier alpha value is -1.39. The summed E-state index contributed by atoms with van der Waals surface area (Å²) in [6, 6.07) is 10.7. The van der Waals surface area contributed by atoms with Gasteiger partial charge in [-0.15, -0.1) is 0 Å². The molecule has 2 aliphatic rings. The lowest BCUT2D eigenvalue weighted by atomic mass is 9.77. The Bertz CT molecular complexity index is 586. The van der Waals surface area contributed by atoms with E-state index in [1.165, 1.54) is 12.8 Å². The van der Waals surface area contributed by atoms with E-state index in [0.29, 0.717) is 30.1 Å². The molecule has 1 aromatic rings. The van der Waals surface area contributed by atoms with Gasteiger partial charge in [0.05, 0.1) is 25.2 Å². The third-order valence-electron chi connectivity index (χ3n) is 6.92. The number of hydrogen-bond acceptors (Lipinski definition) is 2. The molecule has 2 N–H and O–H groups in total. The summed E-state index contributed by atoms with van der Waals surface area (Å²) in [5, 5.41) is 20.6. The number of piperidine rings is 1. The number of fused-ring (bicyclic) bond motifs is 2. The average Bonchev–Trinajstić information content (AvgIpc) is 2.73. The van der Waals surface area contributed by atoms with E-state index in [-0.39, 0.29) is 5.92 Å². The van der Waals surface area contributed by atoms with Gasteiger partial charge < -0.3 is 14.7 Å². The van der Waals surface area contributed by atoms with Crippen LogP contribution < -0.4 is 0 Å². The Morgan fingerprint density at radius 1 is 1.21 bits per heavy atom. The van der Waals surface area contributed by atoms with Gasteiger partial charge in [-0.05, 0) is 31.7 Å². The Kier molecular flexibility index (Phi) is 4.47. The number of carbonyl (C=O) groups is 1. The second-order valence-electron chi connectivity index (χ2n) is 8.27. The number of quaternary nitrogens is 1. The zero-order chi connectivity index (χ0) is 17.5. The van der Waals surface area contributed by atoms with Crippen LogP contribution in [-0.2, 0) is 10.4 Å². The first kappa shape index (κ1) is 17.4. The number of carboxylic acid groups (broad SMARTS) is 1. The zero-order valence-corrected chi connectivity index (χ0v) is 15.0. The number of aliphatic carboxylic acids is 1. The highest BCUT2D eigenvalue weighted by molar-refractivity contribution is 5.79. The maximum Gasteiger partial charge on any atom is 0.340 e. The van der Waals surface area contributed by atoms with Gasteiger partial charge in [-0.3, -0.25) is 0 Å². The first-order chi connectivity index (χ1) is 11.3. The Morgan fingerprint density at radius 3 is 2.21 bits per heavy atom. The second-order valence-corrected chi connectivity index (χ2v) is 8.27. The Labute approximate surface area is 144 Å². The van der Waals surface area contributed by atoms with Crippen LogP contribution in [0.2, 0.25) is 0 Å². The maximum absolute atomic E-state index is 11.9. The minimum absolute atomic E-state index is 0.272. The molecule has 4 heteroatoms. The summed E-state index contributed by atoms with van der Waals surface area (Å²) in [7, 11) is 2.36. The predicted molar refractivity (Wildman–Crippen MR) is 93.4 cm³/mol. The molecule has 24 heavy (non-hydrogen) atoms. The van der Waals surface area contributed by atoms with E-state index in [1.807, 2.05) is 6.07 Å². The van der Waals surface area contributed by atoms with Crippen molar-refractivity contribution in [1.29, 1.82) is 0 Å². The molecule has 0 spiro atoms. The summed E-state index contributed by atoms with van der Waals surface area (Å²) in [6.45, 7) is 4.59. The molecule has 1 aromatic carbocycles. The number of rotatable bonds is 5. The van der Waals surface area contributed by atoms with Crippen molar-refractivity contribution in [3.8, 4) is 0 Å². The van der Waals surface area contributed by atoms with Crippen molar-refractivity contribution in [2.24, 2.45) is 5.92 Å². The average molecular weight is 332 g/mol. The van der Waals surface area contributed by atoms with E-state index in [9.17, 15) is 15.0 Å². The first-order valence-electron chi connectivity index (χ1n) is 9.15. The van der Waals surface area contributed by atoms with Crippen LogP contribution in [0.15, 0.2) is 30.3 Å². The van der Waals surface area contributed by atoms with Crippen molar-refractivity contribution >= 4 is 5.97 Å². The molecule has 2 aliphatic heterocycles. The van der Waals surface area contributed by atoms with Crippen LogP contribution in [-0.4, -0.2) is 45.8 Å². The lowest BCUT2D eigenvalue weighted by Gasteiger charge is -2.50. The van der Waals surface area contributed by atoms with Gasteiger partial charge in [0, 0.05) is 25.7 Å². The highest BCUT2D eigenvalue weighted by Crippen LogP contribution is 2.48. The molecule has 2 heterocycles. The molecule has 0 radical (unpaired) electrons. The van der Waals surface area contributed by atoms with Gasteiger partial charge in [-0.1, -0.05) is 30.3 Å². The normalized spacial score (nSPS) is 35.0. The van der Waals surface area contributed by atoms with Crippen molar-refractivity contribution in [3.05, 3.63) is 35.9 Å². The Morgan fingerprint density at radius 2 is 1.75 bits per heavy atom. The van der Waals surface area contributed by atoms with Gasteiger partial charge in [-0.25, -0.2) is 4.79 Å². The molecular formula is C20H30NO3+. The number of aliphatic hydroxyl groups is 1. The van der Waals surface area contributed by atoms with Gasteiger partial charge in [0.1, 0.15) is 0 Å². The van der Waals surface area contributed by atoms with Crippen LogP contribution in [0, 0.1) is 5.92 Å². The zero-order valence-electron chi connectivity index (χ0n) is 15.0. The van der Waals surface area contributed by atoms with Gasteiger partial charge in [0.25, 0.3) is 0 Å². The third kappa shape index (κ3) is 2.66. The summed E-state index contributed by atoms with van der Waals surface area (Å²) < 4.78 is 1.12. The van der Waals surface area contributed by atoms with E-state index in [4.69, 9.17) is 0 Å². The van der Waals surface area contributed by atoms with Crippen molar-refractivity contribution < 1.29 is 19.5 Å². The number of carboxylic acids is 1. The fourth-order valence-corrected chi connectivity index (χ4v) is 5.27. The van der Waals surface area contributed by atoms with Gasteiger partial charge in [0.2, 0.25) is 0 Å². The summed E-state index contributed by atoms with van der Waals surface area (Å²) in [6.07, 6.45) is 4.82. The summed E-state index contributed by atoms with van der Waals surface area (Å²) in [5.74, 6) is -0.860. The lowest BCUT2D eigenvalue weighted by Crippen LogP contribution is -2.61. The van der Waals surface area contributed by atoms with Crippen molar-refractivity contribution in [1.82, 2.24) is 0 Å². The van der Waals surface area contributed by atoms with Gasteiger partial charge >= 0.3 is 5.97 Å². The first-order valence-corrected chi connectivity index (χ1v) is 9.15. The van der Waals surface area contributed by atoms with Crippen LogP contribution >= 0.6 is 0 Å². The summed E-state index contributed by atoms with van der Waals surface area (Å²) in [5.41, 5.74) is -1.28. The largest absolute Gasteiger partial charge is 0.479 e. The molecule has 3 atom stereocenters. The topological polar surface area (TPSA) is 57.5 Å². The van der Waals surface area contributed by atoms with Crippen molar-refractivity contribution in [2.75, 3.05) is 7.05 Å². The predicted octanol–water partition coefficient (Wildman–Crippen LogP) is 3.14. The minimum atomic E-state index is -1.77. The molecule has 2 saturated heterocycles. The molecule has 0 amide bonds. The van der Waals surface area contributed by atoms with Gasteiger partial charge in [0.15, 0.2) is 5.60 Å². The number of hydrogen-bond donors (Lipinski definition) is 2. The molecule has 3 unspecified atom stereocenters. The third-order valence-corrected chi connectivity index (χ3v) is 6.92. The van der Waals surface area contributed by atoms with Crippen LogP contribution in [0.4, 0.5) is 0 Å². The summed E-state index contributed by atoms with van der Waals surface area (Å²) >= 11 is 0. The number of nitrogens with zero attached hydrogens (tertiary/aromatic N) is 1. The molecule has 3 rings (SSSR count). The monoisotopic (exact) mass is 332 g/mol.